The van der Waals surface area contributed by atoms with Crippen LogP contribution in [-0.2, 0) is 11.2 Å². The van der Waals surface area contributed by atoms with E-state index in [0.717, 1.165) is 16.9 Å². The minimum atomic E-state index is -0.297. The molecule has 1 atom stereocenters. The Morgan fingerprint density at radius 1 is 1.38 bits per heavy atom. The Morgan fingerprint density at radius 2 is 2.24 bits per heavy atom. The molecule has 21 heavy (non-hydrogen) atoms. The summed E-state index contributed by atoms with van der Waals surface area (Å²) in [5.41, 5.74) is 1.86. The SMILES string of the molecule is CC(C(=O)NCCc1ncc[nH]1)n1cnc2ccccc21. The van der Waals surface area contributed by atoms with E-state index in [1.165, 1.54) is 0 Å². The first-order valence-electron chi connectivity index (χ1n) is 6.93. The fraction of sp³-hybridized carbons (Fsp3) is 0.267. The van der Waals surface area contributed by atoms with Crippen LogP contribution in [0.15, 0.2) is 43.0 Å². The van der Waals surface area contributed by atoms with Gasteiger partial charge in [-0.3, -0.25) is 4.79 Å². The van der Waals surface area contributed by atoms with Crippen LogP contribution in [0, 0.1) is 0 Å². The second-order valence-electron chi connectivity index (χ2n) is 4.89. The van der Waals surface area contributed by atoms with Gasteiger partial charge in [0.05, 0.1) is 17.4 Å². The molecule has 3 aromatic rings. The first-order valence-corrected chi connectivity index (χ1v) is 6.93. The van der Waals surface area contributed by atoms with Gasteiger partial charge in [-0.1, -0.05) is 12.1 Å². The average molecular weight is 283 g/mol. The number of hydrogen-bond donors (Lipinski definition) is 2. The van der Waals surface area contributed by atoms with E-state index >= 15 is 0 Å². The summed E-state index contributed by atoms with van der Waals surface area (Å²) < 4.78 is 1.89. The van der Waals surface area contributed by atoms with Crippen molar-refractivity contribution < 1.29 is 4.79 Å². The largest absolute Gasteiger partial charge is 0.354 e. The number of nitrogens with zero attached hydrogens (tertiary/aromatic N) is 3. The highest BCUT2D eigenvalue weighted by Gasteiger charge is 2.16. The van der Waals surface area contributed by atoms with Gasteiger partial charge in [0.25, 0.3) is 0 Å². The summed E-state index contributed by atoms with van der Waals surface area (Å²) in [5, 5.41) is 2.93. The number of carbonyl (C=O) groups is 1. The van der Waals surface area contributed by atoms with Gasteiger partial charge in [0.2, 0.25) is 5.91 Å². The Hall–Kier alpha value is -2.63. The zero-order valence-electron chi connectivity index (χ0n) is 11.8. The van der Waals surface area contributed by atoms with Crippen LogP contribution in [-0.4, -0.2) is 32.0 Å². The summed E-state index contributed by atoms with van der Waals surface area (Å²) in [6.45, 7) is 2.43. The van der Waals surface area contributed by atoms with Gasteiger partial charge in [0, 0.05) is 25.4 Å². The molecule has 108 valence electrons. The van der Waals surface area contributed by atoms with E-state index in [0.29, 0.717) is 13.0 Å². The molecule has 2 N–H and O–H groups in total. The third kappa shape index (κ3) is 2.79. The number of H-pyrrole nitrogens is 1. The van der Waals surface area contributed by atoms with Crippen molar-refractivity contribution in [2.24, 2.45) is 0 Å². The summed E-state index contributed by atoms with van der Waals surface area (Å²) in [5.74, 6) is 0.848. The predicted molar refractivity (Wildman–Crippen MR) is 79.7 cm³/mol. The van der Waals surface area contributed by atoms with Crippen LogP contribution < -0.4 is 5.32 Å². The third-order valence-corrected chi connectivity index (χ3v) is 3.49. The predicted octanol–water partition coefficient (Wildman–Crippen LogP) is 1.68. The van der Waals surface area contributed by atoms with Gasteiger partial charge in [0.1, 0.15) is 11.9 Å². The number of benzene rings is 1. The Morgan fingerprint density at radius 3 is 3.05 bits per heavy atom. The van der Waals surface area contributed by atoms with Crippen LogP contribution in [0.4, 0.5) is 0 Å². The normalized spacial score (nSPS) is 12.4. The fourth-order valence-corrected chi connectivity index (χ4v) is 2.30. The molecule has 0 bridgehead atoms. The smallest absolute Gasteiger partial charge is 0.242 e. The number of nitrogens with one attached hydrogen (secondary N) is 2. The quantitative estimate of drug-likeness (QED) is 0.748. The van der Waals surface area contributed by atoms with Crippen molar-refractivity contribution in [3.8, 4) is 0 Å². The maximum Gasteiger partial charge on any atom is 0.242 e. The number of para-hydroxylation sites is 2. The summed E-state index contributed by atoms with van der Waals surface area (Å²) in [6.07, 6.45) is 5.88. The van der Waals surface area contributed by atoms with Crippen molar-refractivity contribution >= 4 is 16.9 Å². The number of imidazole rings is 2. The molecule has 0 aliphatic carbocycles. The molecule has 0 saturated carbocycles. The molecule has 1 unspecified atom stereocenters. The third-order valence-electron chi connectivity index (χ3n) is 3.49. The van der Waals surface area contributed by atoms with Crippen LogP contribution >= 0.6 is 0 Å². The zero-order chi connectivity index (χ0) is 14.7. The second kappa shape index (κ2) is 5.78. The monoisotopic (exact) mass is 283 g/mol. The molecule has 6 nitrogen and oxygen atoms in total. The van der Waals surface area contributed by atoms with Crippen LogP contribution in [0.2, 0.25) is 0 Å². The van der Waals surface area contributed by atoms with Crippen molar-refractivity contribution in [3.05, 3.63) is 48.8 Å². The molecule has 0 spiro atoms. The first-order chi connectivity index (χ1) is 10.3. The van der Waals surface area contributed by atoms with Crippen LogP contribution in [0.25, 0.3) is 11.0 Å². The van der Waals surface area contributed by atoms with Crippen molar-refractivity contribution in [1.29, 1.82) is 0 Å². The van der Waals surface area contributed by atoms with E-state index < -0.39 is 0 Å². The second-order valence-corrected chi connectivity index (χ2v) is 4.89. The molecule has 1 aromatic carbocycles. The molecular weight excluding hydrogens is 266 g/mol. The molecule has 2 aromatic heterocycles. The van der Waals surface area contributed by atoms with Gasteiger partial charge in [0.15, 0.2) is 0 Å². The summed E-state index contributed by atoms with van der Waals surface area (Å²) in [6, 6.07) is 7.49. The maximum atomic E-state index is 12.2. The van der Waals surface area contributed by atoms with Gasteiger partial charge in [-0.25, -0.2) is 9.97 Å². The molecule has 3 rings (SSSR count). The van der Waals surface area contributed by atoms with Crippen molar-refractivity contribution in [3.63, 3.8) is 0 Å². The summed E-state index contributed by atoms with van der Waals surface area (Å²) in [4.78, 5) is 23.7. The van der Waals surface area contributed by atoms with E-state index in [2.05, 4.69) is 20.3 Å². The minimum absolute atomic E-state index is 0.0234. The van der Waals surface area contributed by atoms with E-state index in [1.54, 1.807) is 18.7 Å². The van der Waals surface area contributed by atoms with E-state index in [4.69, 9.17) is 0 Å². The van der Waals surface area contributed by atoms with Crippen LogP contribution in [0.1, 0.15) is 18.8 Å². The van der Waals surface area contributed by atoms with Gasteiger partial charge in [-0.2, -0.15) is 0 Å². The molecule has 0 radical (unpaired) electrons. The lowest BCUT2D eigenvalue weighted by Crippen LogP contribution is -2.32. The average Bonchev–Trinajstić information content (AvgIpc) is 3.15. The molecule has 1 amide bonds. The molecule has 0 fully saturated rings. The lowest BCUT2D eigenvalue weighted by atomic mass is 10.2. The maximum absolute atomic E-state index is 12.2. The van der Waals surface area contributed by atoms with Crippen molar-refractivity contribution in [2.75, 3.05) is 6.54 Å². The molecular formula is C15H17N5O. The lowest BCUT2D eigenvalue weighted by Gasteiger charge is -2.14. The molecule has 2 heterocycles. The summed E-state index contributed by atoms with van der Waals surface area (Å²) in [7, 11) is 0. The van der Waals surface area contributed by atoms with Gasteiger partial charge in [-0.15, -0.1) is 0 Å². The first kappa shape index (κ1) is 13.4. The number of aromatic amines is 1. The fourth-order valence-electron chi connectivity index (χ4n) is 2.30. The number of fused-ring (bicyclic) bond motifs is 1. The Bertz CT molecular complexity index is 731. The standard InChI is InChI=1S/C15H17N5O/c1-11(15(21)18-7-6-14-16-8-9-17-14)20-10-19-12-4-2-3-5-13(12)20/h2-5,8-11H,6-7H2,1H3,(H,16,17)(H,18,21). The zero-order valence-corrected chi connectivity index (χ0v) is 11.8. The van der Waals surface area contributed by atoms with Crippen molar-refractivity contribution in [1.82, 2.24) is 24.8 Å². The van der Waals surface area contributed by atoms with Crippen LogP contribution in [0.5, 0.6) is 0 Å². The molecule has 0 aliphatic rings. The van der Waals surface area contributed by atoms with E-state index in [9.17, 15) is 4.79 Å². The highest BCUT2D eigenvalue weighted by atomic mass is 16.2. The minimum Gasteiger partial charge on any atom is -0.354 e. The highest BCUT2D eigenvalue weighted by Crippen LogP contribution is 2.17. The lowest BCUT2D eigenvalue weighted by molar-refractivity contribution is -0.123. The number of aromatic nitrogens is 4. The number of hydrogen-bond acceptors (Lipinski definition) is 3. The summed E-state index contributed by atoms with van der Waals surface area (Å²) >= 11 is 0. The van der Waals surface area contributed by atoms with Crippen LogP contribution in [0.3, 0.4) is 0 Å². The Labute approximate surface area is 122 Å². The van der Waals surface area contributed by atoms with E-state index in [1.807, 2.05) is 35.8 Å². The number of amides is 1. The Kier molecular flexibility index (Phi) is 3.68. The van der Waals surface area contributed by atoms with Crippen molar-refractivity contribution in [2.45, 2.75) is 19.4 Å². The number of carbonyl (C=O) groups excluding carboxylic acids is 1. The highest BCUT2D eigenvalue weighted by molar-refractivity contribution is 5.83. The van der Waals surface area contributed by atoms with Gasteiger partial charge >= 0.3 is 0 Å². The number of rotatable bonds is 5. The molecule has 6 heteroatoms. The van der Waals surface area contributed by atoms with Gasteiger partial charge < -0.3 is 14.9 Å². The van der Waals surface area contributed by atoms with E-state index in [-0.39, 0.29) is 11.9 Å². The molecule has 0 saturated heterocycles. The molecule has 0 aliphatic heterocycles. The Balaban J connectivity index is 1.64. The topological polar surface area (TPSA) is 75.6 Å². The van der Waals surface area contributed by atoms with Gasteiger partial charge in [-0.05, 0) is 19.1 Å².